The summed E-state index contributed by atoms with van der Waals surface area (Å²) in [5.41, 5.74) is 4.07. The molecule has 10 nitrogen and oxygen atoms in total. The monoisotopic (exact) mass is 640 g/mol. The Kier molecular flexibility index (Phi) is 7.42. The zero-order valence-corrected chi connectivity index (χ0v) is 26.0. The third-order valence-corrected chi connectivity index (χ3v) is 9.62. The van der Waals surface area contributed by atoms with E-state index in [-0.39, 0.29) is 40.5 Å². The Labute approximate surface area is 262 Å². The lowest BCUT2D eigenvalue weighted by molar-refractivity contribution is 0.0678. The van der Waals surface area contributed by atoms with Gasteiger partial charge in [0.15, 0.2) is 5.78 Å². The van der Waals surface area contributed by atoms with E-state index >= 15 is 0 Å². The van der Waals surface area contributed by atoms with Crippen LogP contribution >= 0.6 is 0 Å². The Morgan fingerprint density at radius 3 is 1.20 bits per heavy atom. The maximum Gasteiger partial charge on any atom is 0.261 e. The van der Waals surface area contributed by atoms with E-state index in [1.807, 2.05) is 12.1 Å². The number of carbonyl (C=O) groups is 5. The Balaban J connectivity index is 0.000000163. The fourth-order valence-corrected chi connectivity index (χ4v) is 6.43. The van der Waals surface area contributed by atoms with E-state index in [1.54, 1.807) is 48.9 Å². The van der Waals surface area contributed by atoms with E-state index in [1.165, 1.54) is 38.4 Å². The second-order valence-corrected chi connectivity index (χ2v) is 13.3. The van der Waals surface area contributed by atoms with Gasteiger partial charge in [0, 0.05) is 69.1 Å². The van der Waals surface area contributed by atoms with E-state index in [0.29, 0.717) is 43.5 Å². The van der Waals surface area contributed by atoms with Gasteiger partial charge in [-0.1, -0.05) is 12.1 Å². The van der Waals surface area contributed by atoms with Crippen LogP contribution in [0.1, 0.15) is 57.4 Å². The molecule has 2 heterocycles. The zero-order chi connectivity index (χ0) is 32.3. The first kappa shape index (κ1) is 30.0. The number of imide groups is 2. The highest BCUT2D eigenvalue weighted by Crippen LogP contribution is 2.38. The molecule has 2 aliphatic heterocycles. The minimum absolute atomic E-state index is 0.0883. The lowest BCUT2D eigenvalue weighted by atomic mass is 10.1. The first-order chi connectivity index (χ1) is 21.4. The van der Waals surface area contributed by atoms with E-state index in [0.717, 1.165) is 20.9 Å². The largest absolute Gasteiger partial charge is 0.457 e. The standard InChI is InChI=1S/C18H12N2O5.C15H12O3S2/c1-19-15(21)11-5-3-9(7-13(11)17(19)23)25-10-4-6-12-14(8-10)18(24)20(2)16(12)22;1-19(17)9-3-5-11-12-6-4-10(20(2)18)8-14(12)15(16)13(11)7-9/h3-8H,1-2H3;3-8H,1-2H3. The fraction of sp³-hybridized carbons (Fsp3) is 0.121. The average molecular weight is 641 g/mol. The first-order valence-electron chi connectivity index (χ1n) is 13.5. The number of rotatable bonds is 4. The summed E-state index contributed by atoms with van der Waals surface area (Å²) in [7, 11) is 0.615. The molecule has 0 spiro atoms. The van der Waals surface area contributed by atoms with Crippen molar-refractivity contribution in [1.29, 1.82) is 0 Å². The molecular formula is C33H24N2O8S2. The van der Waals surface area contributed by atoms with Crippen molar-refractivity contribution in [2.75, 3.05) is 26.6 Å². The summed E-state index contributed by atoms with van der Waals surface area (Å²) in [6, 6.07) is 19.8. The Hall–Kier alpha value is -5.07. The molecule has 2 unspecified atom stereocenters. The van der Waals surface area contributed by atoms with Crippen molar-refractivity contribution in [2.45, 2.75) is 9.79 Å². The molecule has 3 aliphatic rings. The van der Waals surface area contributed by atoms with Crippen LogP contribution in [0.5, 0.6) is 11.5 Å². The predicted molar refractivity (Wildman–Crippen MR) is 166 cm³/mol. The van der Waals surface area contributed by atoms with Crippen molar-refractivity contribution in [2.24, 2.45) is 0 Å². The highest BCUT2D eigenvalue weighted by Gasteiger charge is 2.34. The maximum absolute atomic E-state index is 12.4. The van der Waals surface area contributed by atoms with Crippen LogP contribution in [-0.2, 0) is 21.6 Å². The quantitative estimate of drug-likeness (QED) is 0.266. The van der Waals surface area contributed by atoms with Gasteiger partial charge in [0.25, 0.3) is 23.6 Å². The number of fused-ring (bicyclic) bond motifs is 5. The minimum atomic E-state index is -1.11. The molecule has 0 aromatic heterocycles. The van der Waals surface area contributed by atoms with Gasteiger partial charge in [0.05, 0.1) is 22.3 Å². The van der Waals surface area contributed by atoms with E-state index in [9.17, 15) is 32.4 Å². The van der Waals surface area contributed by atoms with Gasteiger partial charge in [0.2, 0.25) is 0 Å². The Morgan fingerprint density at radius 1 is 0.467 bits per heavy atom. The minimum Gasteiger partial charge on any atom is -0.457 e. The molecule has 0 N–H and O–H groups in total. The number of benzene rings is 4. The molecule has 0 saturated heterocycles. The number of amides is 4. The summed E-state index contributed by atoms with van der Waals surface area (Å²) in [5.74, 6) is -0.841. The van der Waals surface area contributed by atoms with Crippen LogP contribution in [0.3, 0.4) is 0 Å². The van der Waals surface area contributed by atoms with Crippen LogP contribution in [-0.4, -0.2) is 74.2 Å². The SMILES string of the molecule is CN1C(=O)c2ccc(Oc3ccc4c(c3)C(=O)N(C)C4=O)cc2C1=O.CS(=O)c1ccc2c(c1)C(=O)c1cc(S(C)=O)ccc1-2. The van der Waals surface area contributed by atoms with E-state index < -0.39 is 21.6 Å². The van der Waals surface area contributed by atoms with Crippen LogP contribution < -0.4 is 4.74 Å². The predicted octanol–water partition coefficient (Wildman–Crippen LogP) is 4.30. The van der Waals surface area contributed by atoms with Gasteiger partial charge < -0.3 is 4.74 Å². The molecule has 0 saturated carbocycles. The molecule has 0 fully saturated rings. The normalized spacial score (nSPS) is 15.7. The number of hydrogen-bond acceptors (Lipinski definition) is 8. The van der Waals surface area contributed by atoms with Crippen molar-refractivity contribution in [3.05, 3.63) is 106 Å². The van der Waals surface area contributed by atoms with Gasteiger partial charge in [-0.2, -0.15) is 0 Å². The van der Waals surface area contributed by atoms with E-state index in [4.69, 9.17) is 4.74 Å². The van der Waals surface area contributed by atoms with Gasteiger partial charge in [-0.15, -0.1) is 0 Å². The van der Waals surface area contributed by atoms with Gasteiger partial charge in [-0.05, 0) is 71.8 Å². The molecule has 4 aromatic rings. The molecule has 0 bridgehead atoms. The lowest BCUT2D eigenvalue weighted by Crippen LogP contribution is -2.24. The topological polar surface area (TPSA) is 135 Å². The molecule has 12 heteroatoms. The van der Waals surface area contributed by atoms with Crippen LogP contribution in [0.2, 0.25) is 0 Å². The third kappa shape index (κ3) is 5.01. The van der Waals surface area contributed by atoms with Crippen molar-refractivity contribution in [1.82, 2.24) is 9.80 Å². The van der Waals surface area contributed by atoms with Crippen LogP contribution in [0.25, 0.3) is 11.1 Å². The number of carbonyl (C=O) groups excluding carboxylic acids is 5. The first-order valence-corrected chi connectivity index (χ1v) is 16.6. The summed E-state index contributed by atoms with van der Waals surface area (Å²) >= 11 is 0. The molecule has 2 atom stereocenters. The Bertz CT molecular complexity index is 1940. The summed E-state index contributed by atoms with van der Waals surface area (Å²) in [4.78, 5) is 63.7. The summed E-state index contributed by atoms with van der Waals surface area (Å²) in [6.07, 6.45) is 3.18. The maximum atomic E-state index is 12.4. The molecule has 7 rings (SSSR count). The number of ketones is 1. The highest BCUT2D eigenvalue weighted by atomic mass is 32.2. The van der Waals surface area contributed by atoms with Gasteiger partial charge >= 0.3 is 0 Å². The van der Waals surface area contributed by atoms with Crippen molar-refractivity contribution >= 4 is 51.0 Å². The summed E-state index contributed by atoms with van der Waals surface area (Å²) in [6.45, 7) is 0. The average Bonchev–Trinajstić information content (AvgIpc) is 3.53. The van der Waals surface area contributed by atoms with Gasteiger partial charge in [-0.3, -0.25) is 42.2 Å². The Morgan fingerprint density at radius 2 is 0.822 bits per heavy atom. The van der Waals surface area contributed by atoms with Crippen LogP contribution in [0, 0.1) is 0 Å². The molecule has 0 radical (unpaired) electrons. The smallest absolute Gasteiger partial charge is 0.261 e. The molecular weight excluding hydrogens is 617 g/mol. The van der Waals surface area contributed by atoms with Crippen molar-refractivity contribution in [3.63, 3.8) is 0 Å². The third-order valence-electron chi connectivity index (χ3n) is 7.78. The number of nitrogens with zero attached hydrogens (tertiary/aromatic N) is 2. The molecule has 4 amide bonds. The van der Waals surface area contributed by atoms with Crippen LogP contribution in [0.15, 0.2) is 82.6 Å². The van der Waals surface area contributed by atoms with Crippen LogP contribution in [0.4, 0.5) is 0 Å². The molecule has 45 heavy (non-hydrogen) atoms. The lowest BCUT2D eigenvalue weighted by Gasteiger charge is -2.07. The second-order valence-electron chi connectivity index (χ2n) is 10.5. The molecule has 226 valence electrons. The zero-order valence-electron chi connectivity index (χ0n) is 24.4. The van der Waals surface area contributed by atoms with Gasteiger partial charge in [0.1, 0.15) is 11.5 Å². The summed E-state index contributed by atoms with van der Waals surface area (Å²) in [5, 5.41) is 0. The molecule has 4 aromatic carbocycles. The number of hydrogen-bond donors (Lipinski definition) is 0. The second kappa shape index (κ2) is 11.1. The fourth-order valence-electron chi connectivity index (χ4n) is 5.34. The summed E-state index contributed by atoms with van der Waals surface area (Å²) < 4.78 is 28.8. The van der Waals surface area contributed by atoms with Crippen molar-refractivity contribution in [3.8, 4) is 22.6 Å². The van der Waals surface area contributed by atoms with E-state index in [2.05, 4.69) is 0 Å². The van der Waals surface area contributed by atoms with Gasteiger partial charge in [-0.25, -0.2) is 0 Å². The molecule has 1 aliphatic carbocycles. The number of ether oxygens (including phenoxy) is 1. The highest BCUT2D eigenvalue weighted by molar-refractivity contribution is 7.84. The van der Waals surface area contributed by atoms with Crippen molar-refractivity contribution < 1.29 is 37.1 Å².